The molecular weight excluding hydrogens is 250 g/mol. The van der Waals surface area contributed by atoms with E-state index in [1.165, 1.54) is 0 Å². The molecule has 1 saturated heterocycles. The van der Waals surface area contributed by atoms with Crippen molar-refractivity contribution in [2.75, 3.05) is 29.4 Å². The number of para-hydroxylation sites is 2. The van der Waals surface area contributed by atoms with Gasteiger partial charge in [-0.05, 0) is 38.1 Å². The fourth-order valence-corrected chi connectivity index (χ4v) is 2.66. The first-order valence-electron chi connectivity index (χ1n) is 6.09. The number of anilines is 2. The SMILES string of the molecule is CS(=O)(=O)Nc1ccccc1NC1CCNCC1. The Balaban J connectivity index is 2.11. The van der Waals surface area contributed by atoms with Crippen LogP contribution in [0.4, 0.5) is 11.4 Å². The number of hydrogen-bond donors (Lipinski definition) is 3. The van der Waals surface area contributed by atoms with E-state index in [4.69, 9.17) is 0 Å². The predicted octanol–water partition coefficient (Wildman–Crippen LogP) is 1.22. The molecule has 0 bridgehead atoms. The van der Waals surface area contributed by atoms with Crippen molar-refractivity contribution in [1.29, 1.82) is 0 Å². The summed E-state index contributed by atoms with van der Waals surface area (Å²) < 4.78 is 25.1. The highest BCUT2D eigenvalue weighted by atomic mass is 32.2. The molecule has 0 unspecified atom stereocenters. The summed E-state index contributed by atoms with van der Waals surface area (Å²) in [5.41, 5.74) is 1.45. The van der Waals surface area contributed by atoms with E-state index in [9.17, 15) is 8.42 Å². The zero-order valence-electron chi connectivity index (χ0n) is 10.4. The van der Waals surface area contributed by atoms with Crippen molar-refractivity contribution < 1.29 is 8.42 Å². The van der Waals surface area contributed by atoms with Gasteiger partial charge >= 0.3 is 0 Å². The van der Waals surface area contributed by atoms with E-state index in [1.54, 1.807) is 6.07 Å². The second kappa shape index (κ2) is 5.58. The quantitative estimate of drug-likeness (QED) is 0.768. The molecule has 1 aromatic carbocycles. The maximum Gasteiger partial charge on any atom is 0.229 e. The Morgan fingerprint density at radius 1 is 1.17 bits per heavy atom. The maximum absolute atomic E-state index is 11.3. The van der Waals surface area contributed by atoms with E-state index >= 15 is 0 Å². The standard InChI is InChI=1S/C12H19N3O2S/c1-18(16,17)15-12-5-3-2-4-11(12)14-10-6-8-13-9-7-10/h2-5,10,13-15H,6-9H2,1H3. The van der Waals surface area contributed by atoms with Gasteiger partial charge in [-0.15, -0.1) is 0 Å². The zero-order chi connectivity index (χ0) is 13.0. The van der Waals surface area contributed by atoms with Crippen LogP contribution in [0.2, 0.25) is 0 Å². The van der Waals surface area contributed by atoms with Gasteiger partial charge in [0, 0.05) is 6.04 Å². The highest BCUT2D eigenvalue weighted by Crippen LogP contribution is 2.24. The van der Waals surface area contributed by atoms with Gasteiger partial charge in [0.25, 0.3) is 0 Å². The minimum atomic E-state index is -3.24. The van der Waals surface area contributed by atoms with Crippen LogP contribution < -0.4 is 15.4 Å². The Morgan fingerprint density at radius 3 is 2.39 bits per heavy atom. The summed E-state index contributed by atoms with van der Waals surface area (Å²) in [6.45, 7) is 2.00. The van der Waals surface area contributed by atoms with E-state index in [2.05, 4.69) is 15.4 Å². The minimum absolute atomic E-state index is 0.397. The first-order chi connectivity index (χ1) is 8.54. The number of rotatable bonds is 4. The van der Waals surface area contributed by atoms with E-state index in [0.717, 1.165) is 37.9 Å². The molecule has 2 rings (SSSR count). The van der Waals surface area contributed by atoms with E-state index in [1.807, 2.05) is 18.2 Å². The summed E-state index contributed by atoms with van der Waals surface area (Å²) in [4.78, 5) is 0. The lowest BCUT2D eigenvalue weighted by Crippen LogP contribution is -2.35. The average molecular weight is 269 g/mol. The second-order valence-electron chi connectivity index (χ2n) is 4.59. The molecule has 0 radical (unpaired) electrons. The van der Waals surface area contributed by atoms with Gasteiger partial charge in [0.2, 0.25) is 10.0 Å². The minimum Gasteiger partial charge on any atom is -0.381 e. The van der Waals surface area contributed by atoms with Crippen LogP contribution in [0.1, 0.15) is 12.8 Å². The number of hydrogen-bond acceptors (Lipinski definition) is 4. The predicted molar refractivity (Wildman–Crippen MR) is 74.4 cm³/mol. The van der Waals surface area contributed by atoms with Crippen LogP contribution in [0.25, 0.3) is 0 Å². The van der Waals surface area contributed by atoms with Crippen LogP contribution in [-0.2, 0) is 10.0 Å². The molecule has 100 valence electrons. The van der Waals surface area contributed by atoms with Gasteiger partial charge in [0.1, 0.15) is 0 Å². The fourth-order valence-electron chi connectivity index (χ4n) is 2.08. The van der Waals surface area contributed by atoms with Crippen molar-refractivity contribution in [3.05, 3.63) is 24.3 Å². The van der Waals surface area contributed by atoms with Gasteiger partial charge < -0.3 is 10.6 Å². The van der Waals surface area contributed by atoms with E-state index in [-0.39, 0.29) is 0 Å². The van der Waals surface area contributed by atoms with Crippen molar-refractivity contribution in [2.24, 2.45) is 0 Å². The Hall–Kier alpha value is -1.27. The molecule has 0 aliphatic carbocycles. The second-order valence-corrected chi connectivity index (χ2v) is 6.34. The molecule has 3 N–H and O–H groups in total. The molecule has 1 fully saturated rings. The molecule has 0 aromatic heterocycles. The molecule has 1 aromatic rings. The number of sulfonamides is 1. The van der Waals surface area contributed by atoms with Gasteiger partial charge in [0.15, 0.2) is 0 Å². The van der Waals surface area contributed by atoms with Crippen LogP contribution in [0.5, 0.6) is 0 Å². The molecule has 0 spiro atoms. The third-order valence-electron chi connectivity index (χ3n) is 2.92. The lowest BCUT2D eigenvalue weighted by molar-refractivity contribution is 0.479. The van der Waals surface area contributed by atoms with Gasteiger partial charge in [-0.1, -0.05) is 12.1 Å². The van der Waals surface area contributed by atoms with Gasteiger partial charge in [0.05, 0.1) is 17.6 Å². The first kappa shape index (κ1) is 13.2. The summed E-state index contributed by atoms with van der Waals surface area (Å²) in [5, 5.41) is 6.71. The molecule has 0 saturated carbocycles. The third kappa shape index (κ3) is 3.89. The van der Waals surface area contributed by atoms with Crippen molar-refractivity contribution in [1.82, 2.24) is 5.32 Å². The van der Waals surface area contributed by atoms with Crippen LogP contribution in [-0.4, -0.2) is 33.8 Å². The van der Waals surface area contributed by atoms with Gasteiger partial charge in [-0.25, -0.2) is 8.42 Å². The Bertz CT molecular complexity index is 496. The molecule has 0 atom stereocenters. The molecule has 5 nitrogen and oxygen atoms in total. The Kier molecular flexibility index (Phi) is 4.08. The van der Waals surface area contributed by atoms with Crippen molar-refractivity contribution in [3.8, 4) is 0 Å². The highest BCUT2D eigenvalue weighted by Gasteiger charge is 2.14. The molecule has 18 heavy (non-hydrogen) atoms. The van der Waals surface area contributed by atoms with Gasteiger partial charge in [-0.3, -0.25) is 4.72 Å². The Labute approximate surface area is 108 Å². The maximum atomic E-state index is 11.3. The number of piperidine rings is 1. The average Bonchev–Trinajstić information content (AvgIpc) is 2.31. The number of nitrogens with one attached hydrogen (secondary N) is 3. The zero-order valence-corrected chi connectivity index (χ0v) is 11.3. The summed E-state index contributed by atoms with van der Waals surface area (Å²) in [7, 11) is -3.24. The molecule has 6 heteroatoms. The number of benzene rings is 1. The van der Waals surface area contributed by atoms with Crippen molar-refractivity contribution in [2.45, 2.75) is 18.9 Å². The van der Waals surface area contributed by atoms with E-state index in [0.29, 0.717) is 11.7 Å². The Morgan fingerprint density at radius 2 is 1.78 bits per heavy atom. The lowest BCUT2D eigenvalue weighted by Gasteiger charge is -2.25. The molecule has 1 aliphatic heterocycles. The van der Waals surface area contributed by atoms with Gasteiger partial charge in [-0.2, -0.15) is 0 Å². The molecule has 0 amide bonds. The van der Waals surface area contributed by atoms with Crippen LogP contribution in [0.3, 0.4) is 0 Å². The topological polar surface area (TPSA) is 70.2 Å². The normalized spacial score (nSPS) is 17.4. The lowest BCUT2D eigenvalue weighted by atomic mass is 10.1. The van der Waals surface area contributed by atoms with Crippen molar-refractivity contribution >= 4 is 21.4 Å². The monoisotopic (exact) mass is 269 g/mol. The van der Waals surface area contributed by atoms with Crippen LogP contribution in [0, 0.1) is 0 Å². The molecular formula is C12H19N3O2S. The summed E-state index contributed by atoms with van der Waals surface area (Å²) in [6.07, 6.45) is 3.26. The third-order valence-corrected chi connectivity index (χ3v) is 3.51. The largest absolute Gasteiger partial charge is 0.381 e. The first-order valence-corrected chi connectivity index (χ1v) is 7.98. The summed E-state index contributed by atoms with van der Waals surface area (Å²) in [5.74, 6) is 0. The van der Waals surface area contributed by atoms with Crippen molar-refractivity contribution in [3.63, 3.8) is 0 Å². The smallest absolute Gasteiger partial charge is 0.229 e. The highest BCUT2D eigenvalue weighted by molar-refractivity contribution is 7.92. The summed E-state index contributed by atoms with van der Waals surface area (Å²) in [6, 6.07) is 7.78. The molecule has 1 aliphatic rings. The summed E-state index contributed by atoms with van der Waals surface area (Å²) >= 11 is 0. The molecule has 1 heterocycles. The van der Waals surface area contributed by atoms with E-state index < -0.39 is 10.0 Å². The van der Waals surface area contributed by atoms with Crippen LogP contribution in [0.15, 0.2) is 24.3 Å². The van der Waals surface area contributed by atoms with Crippen LogP contribution >= 0.6 is 0 Å². The fraction of sp³-hybridized carbons (Fsp3) is 0.500.